The van der Waals surface area contributed by atoms with Crippen LogP contribution in [0, 0.1) is 11.2 Å². The molecule has 110 valence electrons. The number of ether oxygens (including phenoxy) is 2. The van der Waals surface area contributed by atoms with Crippen molar-refractivity contribution in [1.29, 1.82) is 0 Å². The standard InChI is InChI=1S/C15H20FNO3/c1-19-13-3-2-11(8-12(13)16)9-14(18)15(10-17)4-6-20-7-5-15/h2-3,8H,4-7,9-10,17H2,1H3. The van der Waals surface area contributed by atoms with Gasteiger partial charge in [-0.05, 0) is 30.5 Å². The summed E-state index contributed by atoms with van der Waals surface area (Å²) < 4.78 is 23.8. The summed E-state index contributed by atoms with van der Waals surface area (Å²) in [5, 5.41) is 0. The lowest BCUT2D eigenvalue weighted by atomic mass is 9.74. The number of carbonyl (C=O) groups is 1. The molecule has 5 heteroatoms. The molecule has 1 saturated heterocycles. The van der Waals surface area contributed by atoms with Crippen molar-refractivity contribution < 1.29 is 18.7 Å². The number of nitrogens with two attached hydrogens (primary N) is 1. The normalized spacial score (nSPS) is 17.8. The first-order valence-electron chi connectivity index (χ1n) is 6.75. The van der Waals surface area contributed by atoms with Gasteiger partial charge in [0.15, 0.2) is 11.6 Å². The zero-order valence-corrected chi connectivity index (χ0v) is 11.7. The minimum Gasteiger partial charge on any atom is -0.494 e. The molecule has 20 heavy (non-hydrogen) atoms. The minimum absolute atomic E-state index is 0.0628. The Morgan fingerprint density at radius 1 is 1.45 bits per heavy atom. The molecule has 1 heterocycles. The fourth-order valence-corrected chi connectivity index (χ4v) is 2.55. The van der Waals surface area contributed by atoms with Crippen LogP contribution in [0.5, 0.6) is 5.75 Å². The van der Waals surface area contributed by atoms with Gasteiger partial charge in [0.1, 0.15) is 5.78 Å². The van der Waals surface area contributed by atoms with Gasteiger partial charge in [-0.1, -0.05) is 6.07 Å². The topological polar surface area (TPSA) is 61.5 Å². The maximum atomic E-state index is 13.6. The van der Waals surface area contributed by atoms with Gasteiger partial charge in [0.05, 0.1) is 7.11 Å². The Morgan fingerprint density at radius 2 is 2.15 bits per heavy atom. The highest BCUT2D eigenvalue weighted by Crippen LogP contribution is 2.32. The van der Waals surface area contributed by atoms with Crippen molar-refractivity contribution in [3.63, 3.8) is 0 Å². The van der Waals surface area contributed by atoms with Crippen LogP contribution >= 0.6 is 0 Å². The van der Waals surface area contributed by atoms with Crippen LogP contribution in [-0.2, 0) is 16.0 Å². The molecule has 0 atom stereocenters. The highest BCUT2D eigenvalue weighted by Gasteiger charge is 2.38. The average molecular weight is 281 g/mol. The van der Waals surface area contributed by atoms with Crippen LogP contribution in [0.3, 0.4) is 0 Å². The quantitative estimate of drug-likeness (QED) is 0.892. The van der Waals surface area contributed by atoms with Crippen LogP contribution in [-0.4, -0.2) is 32.7 Å². The second-order valence-electron chi connectivity index (χ2n) is 5.17. The number of benzene rings is 1. The van der Waals surface area contributed by atoms with Gasteiger partial charge in [-0.2, -0.15) is 0 Å². The van der Waals surface area contributed by atoms with Gasteiger partial charge in [0.25, 0.3) is 0 Å². The first-order chi connectivity index (χ1) is 9.61. The van der Waals surface area contributed by atoms with E-state index in [-0.39, 0.29) is 18.0 Å². The van der Waals surface area contributed by atoms with Gasteiger partial charge < -0.3 is 15.2 Å². The molecule has 0 aromatic heterocycles. The lowest BCUT2D eigenvalue weighted by Gasteiger charge is -2.34. The van der Waals surface area contributed by atoms with E-state index in [9.17, 15) is 9.18 Å². The second-order valence-corrected chi connectivity index (χ2v) is 5.17. The Morgan fingerprint density at radius 3 is 2.70 bits per heavy atom. The third-order valence-electron chi connectivity index (χ3n) is 4.01. The summed E-state index contributed by atoms with van der Waals surface area (Å²) in [6, 6.07) is 4.60. The molecule has 0 saturated carbocycles. The zero-order chi connectivity index (χ0) is 14.6. The summed E-state index contributed by atoms with van der Waals surface area (Å²) in [6.45, 7) is 1.42. The SMILES string of the molecule is COc1ccc(CC(=O)C2(CN)CCOCC2)cc1F. The molecule has 2 N–H and O–H groups in total. The monoisotopic (exact) mass is 281 g/mol. The fraction of sp³-hybridized carbons (Fsp3) is 0.533. The number of halogens is 1. The average Bonchev–Trinajstić information content (AvgIpc) is 2.48. The number of carbonyl (C=O) groups excluding carboxylic acids is 1. The molecule has 1 fully saturated rings. The van der Waals surface area contributed by atoms with E-state index in [1.54, 1.807) is 6.07 Å². The molecule has 1 aromatic carbocycles. The van der Waals surface area contributed by atoms with E-state index < -0.39 is 11.2 Å². The van der Waals surface area contributed by atoms with Crippen molar-refractivity contribution in [3.05, 3.63) is 29.6 Å². The molecule has 2 rings (SSSR count). The van der Waals surface area contributed by atoms with E-state index >= 15 is 0 Å². The summed E-state index contributed by atoms with van der Waals surface area (Å²) in [7, 11) is 1.41. The van der Waals surface area contributed by atoms with E-state index in [0.717, 1.165) is 0 Å². The van der Waals surface area contributed by atoms with E-state index in [2.05, 4.69) is 0 Å². The van der Waals surface area contributed by atoms with Crippen LogP contribution in [0.4, 0.5) is 4.39 Å². The van der Waals surface area contributed by atoms with Crippen molar-refractivity contribution >= 4 is 5.78 Å². The van der Waals surface area contributed by atoms with Crippen molar-refractivity contribution in [2.75, 3.05) is 26.9 Å². The Hall–Kier alpha value is -1.46. The Bertz CT molecular complexity index is 484. The van der Waals surface area contributed by atoms with E-state index in [1.807, 2.05) is 0 Å². The maximum Gasteiger partial charge on any atom is 0.165 e. The molecule has 0 amide bonds. The molecular weight excluding hydrogens is 261 g/mol. The molecule has 1 aliphatic rings. The number of Topliss-reactive ketones (excluding diaryl/α,β-unsaturated/α-hetero) is 1. The molecule has 0 aliphatic carbocycles. The maximum absolute atomic E-state index is 13.6. The molecule has 1 aromatic rings. The highest BCUT2D eigenvalue weighted by molar-refractivity contribution is 5.87. The number of ketones is 1. The summed E-state index contributed by atoms with van der Waals surface area (Å²) in [4.78, 5) is 12.5. The van der Waals surface area contributed by atoms with Crippen LogP contribution in [0.25, 0.3) is 0 Å². The van der Waals surface area contributed by atoms with E-state index in [0.29, 0.717) is 38.2 Å². The second kappa shape index (κ2) is 6.33. The summed E-state index contributed by atoms with van der Waals surface area (Å²) >= 11 is 0. The van der Waals surface area contributed by atoms with Crippen molar-refractivity contribution in [3.8, 4) is 5.75 Å². The van der Waals surface area contributed by atoms with Gasteiger partial charge in [0.2, 0.25) is 0 Å². The zero-order valence-electron chi connectivity index (χ0n) is 11.7. The van der Waals surface area contributed by atoms with Gasteiger partial charge >= 0.3 is 0 Å². The number of hydrogen-bond donors (Lipinski definition) is 1. The molecular formula is C15H20FNO3. The molecule has 4 nitrogen and oxygen atoms in total. The molecule has 1 aliphatic heterocycles. The van der Waals surface area contributed by atoms with Crippen molar-refractivity contribution in [2.24, 2.45) is 11.1 Å². The van der Waals surface area contributed by atoms with Crippen LogP contribution in [0.1, 0.15) is 18.4 Å². The van der Waals surface area contributed by atoms with Gasteiger partial charge in [-0.15, -0.1) is 0 Å². The smallest absolute Gasteiger partial charge is 0.165 e. The Labute approximate surface area is 118 Å². The highest BCUT2D eigenvalue weighted by atomic mass is 19.1. The van der Waals surface area contributed by atoms with Crippen LogP contribution < -0.4 is 10.5 Å². The summed E-state index contributed by atoms with van der Waals surface area (Å²) in [5.74, 6) is -0.208. The first kappa shape index (κ1) is 14.9. The molecule has 0 spiro atoms. The lowest BCUT2D eigenvalue weighted by molar-refractivity contribution is -0.132. The van der Waals surface area contributed by atoms with Crippen molar-refractivity contribution in [1.82, 2.24) is 0 Å². The Kier molecular flexibility index (Phi) is 4.73. The summed E-state index contributed by atoms with van der Waals surface area (Å²) in [5.41, 5.74) is 5.92. The third-order valence-corrected chi connectivity index (χ3v) is 4.01. The molecule has 0 bridgehead atoms. The van der Waals surface area contributed by atoms with Crippen molar-refractivity contribution in [2.45, 2.75) is 19.3 Å². The Balaban J connectivity index is 2.12. The van der Waals surface area contributed by atoms with Gasteiger partial charge in [-0.3, -0.25) is 4.79 Å². The van der Waals surface area contributed by atoms with E-state index in [1.165, 1.54) is 19.2 Å². The predicted octanol–water partition coefficient (Wildman–Crippen LogP) is 1.70. The van der Waals surface area contributed by atoms with Crippen LogP contribution in [0.15, 0.2) is 18.2 Å². The number of hydrogen-bond acceptors (Lipinski definition) is 4. The van der Waals surface area contributed by atoms with E-state index in [4.69, 9.17) is 15.2 Å². The molecule has 0 unspecified atom stereocenters. The van der Waals surface area contributed by atoms with Crippen LogP contribution in [0.2, 0.25) is 0 Å². The first-order valence-corrected chi connectivity index (χ1v) is 6.75. The predicted molar refractivity (Wildman–Crippen MR) is 73.2 cm³/mol. The van der Waals surface area contributed by atoms with Gasteiger partial charge in [-0.25, -0.2) is 4.39 Å². The van der Waals surface area contributed by atoms with Gasteiger partial charge in [0, 0.05) is 31.6 Å². The largest absolute Gasteiger partial charge is 0.494 e. The lowest BCUT2D eigenvalue weighted by Crippen LogP contribution is -2.44. The number of rotatable bonds is 5. The summed E-state index contributed by atoms with van der Waals surface area (Å²) in [6.07, 6.45) is 1.47. The third kappa shape index (κ3) is 2.99. The molecule has 0 radical (unpaired) electrons. The fourth-order valence-electron chi connectivity index (χ4n) is 2.55. The number of methoxy groups -OCH3 is 1. The minimum atomic E-state index is -0.519.